The lowest BCUT2D eigenvalue weighted by Gasteiger charge is -2.07. The molecule has 8 heteroatoms. The smallest absolute Gasteiger partial charge is 0.339 e. The van der Waals surface area contributed by atoms with Crippen molar-refractivity contribution in [2.24, 2.45) is 5.14 Å². The number of hydrogen-bond donors (Lipinski definition) is 1. The third-order valence-electron chi connectivity index (χ3n) is 2.92. The molecule has 2 aromatic rings. The van der Waals surface area contributed by atoms with Crippen LogP contribution in [0.5, 0.6) is 0 Å². The molecule has 0 radical (unpaired) electrons. The lowest BCUT2D eigenvalue weighted by molar-refractivity contribution is 0.0473. The number of halogens is 1. The van der Waals surface area contributed by atoms with E-state index in [1.807, 2.05) is 0 Å². The minimum atomic E-state index is -3.95. The zero-order valence-corrected chi connectivity index (χ0v) is 14.1. The predicted octanol–water partition coefficient (Wildman–Crippen LogP) is 2.14. The zero-order valence-electron chi connectivity index (χ0n) is 11.7. The van der Waals surface area contributed by atoms with Gasteiger partial charge in [0.2, 0.25) is 10.0 Å². The van der Waals surface area contributed by atoms with Gasteiger partial charge in [-0.15, -0.1) is 0 Å². The maximum Gasteiger partial charge on any atom is 0.339 e. The molecule has 0 aromatic heterocycles. The highest BCUT2D eigenvalue weighted by atomic mass is 79.9. The molecule has 2 rings (SSSR count). The van der Waals surface area contributed by atoms with E-state index in [0.717, 1.165) is 6.07 Å². The van der Waals surface area contributed by atoms with Gasteiger partial charge in [0.05, 0.1) is 10.5 Å². The van der Waals surface area contributed by atoms with E-state index in [0.29, 0.717) is 10.0 Å². The minimum Gasteiger partial charge on any atom is -0.454 e. The van der Waals surface area contributed by atoms with Gasteiger partial charge in [0.15, 0.2) is 12.4 Å². The number of primary sulfonamides is 1. The van der Waals surface area contributed by atoms with E-state index in [4.69, 9.17) is 9.88 Å². The number of sulfonamides is 1. The fraction of sp³-hybridized carbons (Fsp3) is 0.0667. The summed E-state index contributed by atoms with van der Waals surface area (Å²) in [5.41, 5.74) is 0.384. The van der Waals surface area contributed by atoms with Crippen molar-refractivity contribution in [2.45, 2.75) is 4.90 Å². The van der Waals surface area contributed by atoms with Crippen molar-refractivity contribution in [1.29, 1.82) is 0 Å². The van der Waals surface area contributed by atoms with Gasteiger partial charge in [0.25, 0.3) is 0 Å². The molecule has 6 nitrogen and oxygen atoms in total. The molecule has 0 spiro atoms. The lowest BCUT2D eigenvalue weighted by atomic mass is 10.1. The number of ether oxygens (including phenoxy) is 1. The predicted molar refractivity (Wildman–Crippen MR) is 86.6 cm³/mol. The Morgan fingerprint density at radius 3 is 2.35 bits per heavy atom. The second-order valence-corrected chi connectivity index (χ2v) is 6.97. The van der Waals surface area contributed by atoms with Crippen LogP contribution in [-0.4, -0.2) is 26.8 Å². The number of ketones is 1. The zero-order chi connectivity index (χ0) is 17.0. The summed E-state index contributed by atoms with van der Waals surface area (Å²) in [4.78, 5) is 23.7. The molecule has 0 saturated carbocycles. The number of esters is 1. The molecule has 2 aromatic carbocycles. The molecule has 0 bridgehead atoms. The van der Waals surface area contributed by atoms with Crippen molar-refractivity contribution in [2.75, 3.05) is 6.61 Å². The minimum absolute atomic E-state index is 0.0302. The van der Waals surface area contributed by atoms with E-state index in [-0.39, 0.29) is 16.2 Å². The van der Waals surface area contributed by atoms with Gasteiger partial charge in [-0.05, 0) is 34.1 Å². The number of Topliss-reactive ketones (excluding diaryl/α,β-unsaturated/α-hetero) is 1. The summed E-state index contributed by atoms with van der Waals surface area (Å²) in [5.74, 6) is -1.19. The average Bonchev–Trinajstić information content (AvgIpc) is 2.52. The van der Waals surface area contributed by atoms with Gasteiger partial charge in [-0.1, -0.05) is 30.3 Å². The van der Waals surface area contributed by atoms with E-state index in [1.54, 1.807) is 30.3 Å². The van der Waals surface area contributed by atoms with Crippen molar-refractivity contribution < 1.29 is 22.7 Å². The van der Waals surface area contributed by atoms with Crippen molar-refractivity contribution in [3.8, 4) is 0 Å². The summed E-state index contributed by atoms with van der Waals surface area (Å²) < 4.78 is 27.9. The number of carbonyl (C=O) groups excluding carboxylic acids is 2. The summed E-state index contributed by atoms with van der Waals surface area (Å²) in [6.07, 6.45) is 0. The van der Waals surface area contributed by atoms with Crippen LogP contribution < -0.4 is 5.14 Å². The van der Waals surface area contributed by atoms with Crippen LogP contribution in [0.3, 0.4) is 0 Å². The Balaban J connectivity index is 2.14. The van der Waals surface area contributed by atoms with Crippen LogP contribution in [-0.2, 0) is 14.8 Å². The molecule has 0 aliphatic carbocycles. The summed E-state index contributed by atoms with van der Waals surface area (Å²) in [6.45, 7) is -0.450. The fourth-order valence-electron chi connectivity index (χ4n) is 1.75. The first-order valence-corrected chi connectivity index (χ1v) is 8.70. The Hall–Kier alpha value is -2.03. The highest BCUT2D eigenvalue weighted by molar-refractivity contribution is 9.10. The van der Waals surface area contributed by atoms with E-state index in [1.165, 1.54) is 12.1 Å². The van der Waals surface area contributed by atoms with E-state index >= 15 is 0 Å². The number of rotatable bonds is 5. The van der Waals surface area contributed by atoms with Crippen LogP contribution in [0.15, 0.2) is 57.9 Å². The molecule has 0 saturated heterocycles. The SMILES string of the molecule is NS(=O)(=O)c1ccc(Br)c(C(=O)OCC(=O)c2ccccc2)c1. The van der Waals surface area contributed by atoms with Gasteiger partial charge in [-0.25, -0.2) is 18.4 Å². The maximum atomic E-state index is 12.0. The van der Waals surface area contributed by atoms with Gasteiger partial charge >= 0.3 is 5.97 Å². The normalized spacial score (nSPS) is 11.0. The maximum absolute atomic E-state index is 12.0. The molecular formula is C15H12BrNO5S. The quantitative estimate of drug-likeness (QED) is 0.614. The molecule has 0 atom stereocenters. The highest BCUT2D eigenvalue weighted by Crippen LogP contribution is 2.21. The standard InChI is InChI=1S/C15H12BrNO5S/c16-13-7-6-11(23(17,20)21)8-12(13)15(19)22-9-14(18)10-4-2-1-3-5-10/h1-8H,9H2,(H2,17,20,21). The van der Waals surface area contributed by atoms with Crippen molar-refractivity contribution in [1.82, 2.24) is 0 Å². The number of hydrogen-bond acceptors (Lipinski definition) is 5. The molecule has 0 aliphatic rings. The molecular weight excluding hydrogens is 386 g/mol. The van der Waals surface area contributed by atoms with Crippen LogP contribution in [0.25, 0.3) is 0 Å². The summed E-state index contributed by atoms with van der Waals surface area (Å²) in [5, 5.41) is 5.02. The number of carbonyl (C=O) groups is 2. The monoisotopic (exact) mass is 397 g/mol. The first kappa shape index (κ1) is 17.3. The van der Waals surface area contributed by atoms with Crippen molar-refractivity contribution >= 4 is 37.7 Å². The average molecular weight is 398 g/mol. The second kappa shape index (κ2) is 7.03. The molecule has 120 valence electrons. The van der Waals surface area contributed by atoms with E-state index in [9.17, 15) is 18.0 Å². The molecule has 0 heterocycles. The first-order valence-electron chi connectivity index (χ1n) is 6.37. The Morgan fingerprint density at radius 1 is 1.09 bits per heavy atom. The molecule has 0 amide bonds. The van der Waals surface area contributed by atoms with Crippen LogP contribution >= 0.6 is 15.9 Å². The number of benzene rings is 2. The van der Waals surface area contributed by atoms with Gasteiger partial charge in [-0.3, -0.25) is 4.79 Å². The van der Waals surface area contributed by atoms with Gasteiger partial charge in [-0.2, -0.15) is 0 Å². The van der Waals surface area contributed by atoms with Crippen LogP contribution in [0.2, 0.25) is 0 Å². The van der Waals surface area contributed by atoms with Gasteiger partial charge in [0.1, 0.15) is 0 Å². The molecule has 0 unspecified atom stereocenters. The highest BCUT2D eigenvalue weighted by Gasteiger charge is 2.18. The summed E-state index contributed by atoms with van der Waals surface area (Å²) >= 11 is 3.13. The largest absolute Gasteiger partial charge is 0.454 e. The van der Waals surface area contributed by atoms with Crippen LogP contribution in [0, 0.1) is 0 Å². The second-order valence-electron chi connectivity index (χ2n) is 4.55. The Labute approximate surface area is 141 Å². The van der Waals surface area contributed by atoms with Crippen LogP contribution in [0.4, 0.5) is 0 Å². The lowest BCUT2D eigenvalue weighted by Crippen LogP contribution is -2.16. The number of nitrogens with two attached hydrogens (primary N) is 1. The Bertz CT molecular complexity index is 849. The Morgan fingerprint density at radius 2 is 1.74 bits per heavy atom. The summed E-state index contributed by atoms with van der Waals surface area (Å²) in [6, 6.07) is 12.1. The van der Waals surface area contributed by atoms with Gasteiger partial charge < -0.3 is 4.74 Å². The van der Waals surface area contributed by atoms with Crippen molar-refractivity contribution in [3.05, 3.63) is 64.1 Å². The molecule has 2 N–H and O–H groups in total. The van der Waals surface area contributed by atoms with Crippen molar-refractivity contribution in [3.63, 3.8) is 0 Å². The van der Waals surface area contributed by atoms with Crippen LogP contribution in [0.1, 0.15) is 20.7 Å². The summed E-state index contributed by atoms with van der Waals surface area (Å²) in [7, 11) is -3.95. The first-order chi connectivity index (χ1) is 10.8. The third kappa shape index (κ3) is 4.47. The molecule has 0 aliphatic heterocycles. The Kier molecular flexibility index (Phi) is 5.30. The molecule has 0 fully saturated rings. The topological polar surface area (TPSA) is 104 Å². The fourth-order valence-corrected chi connectivity index (χ4v) is 2.70. The van der Waals surface area contributed by atoms with E-state index < -0.39 is 22.6 Å². The molecule has 23 heavy (non-hydrogen) atoms. The van der Waals surface area contributed by atoms with Gasteiger partial charge in [0, 0.05) is 10.0 Å². The van der Waals surface area contributed by atoms with E-state index in [2.05, 4.69) is 15.9 Å². The third-order valence-corrected chi connectivity index (χ3v) is 4.52.